The fourth-order valence-corrected chi connectivity index (χ4v) is 0.942. The van der Waals surface area contributed by atoms with Crippen LogP contribution in [0.15, 0.2) is 0 Å². The molecule has 92 valence electrons. The molecule has 0 saturated heterocycles. The molecule has 2 atom stereocenters. The SMILES string of the molecule is COC(C)CNCC(O)COC(C)(C)C. The minimum absolute atomic E-state index is 0.167. The lowest BCUT2D eigenvalue weighted by Crippen LogP contribution is -2.36. The molecule has 0 aromatic heterocycles. The molecule has 4 heteroatoms. The fourth-order valence-electron chi connectivity index (χ4n) is 0.942. The molecular formula is C11H25NO3. The summed E-state index contributed by atoms with van der Waals surface area (Å²) in [5, 5.41) is 12.7. The minimum Gasteiger partial charge on any atom is -0.389 e. The third-order valence-electron chi connectivity index (χ3n) is 1.92. The van der Waals surface area contributed by atoms with Crippen molar-refractivity contribution < 1.29 is 14.6 Å². The Morgan fingerprint density at radius 1 is 1.27 bits per heavy atom. The lowest BCUT2D eigenvalue weighted by Gasteiger charge is -2.22. The first kappa shape index (κ1) is 14.8. The van der Waals surface area contributed by atoms with Gasteiger partial charge in [0.05, 0.1) is 24.4 Å². The van der Waals surface area contributed by atoms with Crippen LogP contribution in [0, 0.1) is 0 Å². The summed E-state index contributed by atoms with van der Waals surface area (Å²) in [5.41, 5.74) is -0.194. The van der Waals surface area contributed by atoms with E-state index in [0.29, 0.717) is 13.2 Å². The van der Waals surface area contributed by atoms with Crippen LogP contribution in [0.5, 0.6) is 0 Å². The molecule has 0 bridgehead atoms. The number of methoxy groups -OCH3 is 1. The molecule has 2 unspecified atom stereocenters. The summed E-state index contributed by atoms with van der Waals surface area (Å²) in [5.74, 6) is 0. The highest BCUT2D eigenvalue weighted by Crippen LogP contribution is 2.06. The zero-order valence-electron chi connectivity index (χ0n) is 10.5. The van der Waals surface area contributed by atoms with Crippen LogP contribution < -0.4 is 5.32 Å². The number of hydrogen-bond donors (Lipinski definition) is 2. The van der Waals surface area contributed by atoms with E-state index in [2.05, 4.69) is 5.32 Å². The van der Waals surface area contributed by atoms with Crippen molar-refractivity contribution in [1.29, 1.82) is 0 Å². The molecule has 0 aliphatic heterocycles. The summed E-state index contributed by atoms with van der Waals surface area (Å²) < 4.78 is 10.5. The number of ether oxygens (including phenoxy) is 2. The van der Waals surface area contributed by atoms with Gasteiger partial charge in [-0.15, -0.1) is 0 Å². The molecule has 0 aliphatic rings. The third-order valence-corrected chi connectivity index (χ3v) is 1.92. The number of rotatable bonds is 7. The Balaban J connectivity index is 3.45. The van der Waals surface area contributed by atoms with Crippen molar-refractivity contribution in [3.05, 3.63) is 0 Å². The van der Waals surface area contributed by atoms with Gasteiger partial charge < -0.3 is 19.9 Å². The summed E-state index contributed by atoms with van der Waals surface area (Å²) in [4.78, 5) is 0. The van der Waals surface area contributed by atoms with Crippen LogP contribution in [0.4, 0.5) is 0 Å². The van der Waals surface area contributed by atoms with E-state index in [4.69, 9.17) is 9.47 Å². The van der Waals surface area contributed by atoms with Crippen LogP contribution in [-0.4, -0.2) is 49.7 Å². The van der Waals surface area contributed by atoms with Gasteiger partial charge in [-0.25, -0.2) is 0 Å². The van der Waals surface area contributed by atoms with Gasteiger partial charge in [0.15, 0.2) is 0 Å². The highest BCUT2D eigenvalue weighted by molar-refractivity contribution is 4.65. The number of nitrogens with one attached hydrogen (secondary N) is 1. The number of aliphatic hydroxyl groups excluding tert-OH is 1. The lowest BCUT2D eigenvalue weighted by atomic mass is 10.2. The first-order chi connectivity index (χ1) is 6.85. The van der Waals surface area contributed by atoms with Gasteiger partial charge in [-0.2, -0.15) is 0 Å². The molecule has 15 heavy (non-hydrogen) atoms. The summed E-state index contributed by atoms with van der Waals surface area (Å²) >= 11 is 0. The Hall–Kier alpha value is -0.160. The van der Waals surface area contributed by atoms with Crippen molar-refractivity contribution in [1.82, 2.24) is 5.32 Å². The third kappa shape index (κ3) is 10.1. The first-order valence-electron chi connectivity index (χ1n) is 5.40. The van der Waals surface area contributed by atoms with Gasteiger partial charge in [-0.1, -0.05) is 0 Å². The molecule has 0 aromatic rings. The Bertz CT molecular complexity index is 156. The Labute approximate surface area is 93.0 Å². The van der Waals surface area contributed by atoms with Gasteiger partial charge in [0.2, 0.25) is 0 Å². The van der Waals surface area contributed by atoms with Crippen molar-refractivity contribution in [3.63, 3.8) is 0 Å². The van der Waals surface area contributed by atoms with Crippen LogP contribution >= 0.6 is 0 Å². The van der Waals surface area contributed by atoms with E-state index in [1.54, 1.807) is 7.11 Å². The van der Waals surface area contributed by atoms with Crippen LogP contribution in [0.25, 0.3) is 0 Å². The predicted octanol–water partition coefficient (Wildman–Crippen LogP) is 0.787. The molecular weight excluding hydrogens is 194 g/mol. The quantitative estimate of drug-likeness (QED) is 0.664. The van der Waals surface area contributed by atoms with Gasteiger partial charge in [0.25, 0.3) is 0 Å². The maximum atomic E-state index is 9.57. The number of hydrogen-bond acceptors (Lipinski definition) is 4. The van der Waals surface area contributed by atoms with E-state index >= 15 is 0 Å². The fraction of sp³-hybridized carbons (Fsp3) is 1.00. The average Bonchev–Trinajstić information content (AvgIpc) is 2.13. The van der Waals surface area contributed by atoms with Crippen molar-refractivity contribution in [2.45, 2.75) is 45.5 Å². The Morgan fingerprint density at radius 3 is 2.33 bits per heavy atom. The smallest absolute Gasteiger partial charge is 0.0897 e. The van der Waals surface area contributed by atoms with E-state index in [0.717, 1.165) is 6.54 Å². The van der Waals surface area contributed by atoms with Gasteiger partial charge >= 0.3 is 0 Å². The standard InChI is InChI=1S/C11H25NO3/c1-9(14-5)6-12-7-10(13)8-15-11(2,3)4/h9-10,12-13H,6-8H2,1-5H3. The van der Waals surface area contributed by atoms with E-state index in [-0.39, 0.29) is 11.7 Å². The van der Waals surface area contributed by atoms with Crippen LogP contribution in [0.2, 0.25) is 0 Å². The second-order valence-electron chi connectivity index (χ2n) is 4.78. The first-order valence-corrected chi connectivity index (χ1v) is 5.40. The van der Waals surface area contributed by atoms with E-state index in [9.17, 15) is 5.11 Å². The zero-order chi connectivity index (χ0) is 11.9. The van der Waals surface area contributed by atoms with Gasteiger partial charge in [0, 0.05) is 20.2 Å². The Kier molecular flexibility index (Phi) is 7.09. The Morgan fingerprint density at radius 2 is 1.87 bits per heavy atom. The zero-order valence-corrected chi connectivity index (χ0v) is 10.5. The van der Waals surface area contributed by atoms with Crippen molar-refractivity contribution >= 4 is 0 Å². The molecule has 0 heterocycles. The van der Waals surface area contributed by atoms with Crippen molar-refractivity contribution in [2.75, 3.05) is 26.8 Å². The van der Waals surface area contributed by atoms with E-state index in [1.807, 2.05) is 27.7 Å². The molecule has 4 nitrogen and oxygen atoms in total. The van der Waals surface area contributed by atoms with Crippen LogP contribution in [0.1, 0.15) is 27.7 Å². The summed E-state index contributed by atoms with van der Waals surface area (Å²) in [6.45, 7) is 9.52. The highest BCUT2D eigenvalue weighted by atomic mass is 16.5. The van der Waals surface area contributed by atoms with Crippen LogP contribution in [-0.2, 0) is 9.47 Å². The maximum absolute atomic E-state index is 9.57. The van der Waals surface area contributed by atoms with Gasteiger partial charge in [-0.05, 0) is 27.7 Å². The molecule has 2 N–H and O–H groups in total. The molecule has 0 radical (unpaired) electrons. The molecule has 0 rings (SSSR count). The summed E-state index contributed by atoms with van der Waals surface area (Å²) in [7, 11) is 1.67. The normalized spacial score (nSPS) is 16.4. The minimum atomic E-state index is -0.465. The topological polar surface area (TPSA) is 50.7 Å². The predicted molar refractivity (Wildman–Crippen MR) is 61.1 cm³/mol. The van der Waals surface area contributed by atoms with Crippen molar-refractivity contribution in [3.8, 4) is 0 Å². The van der Waals surface area contributed by atoms with E-state index < -0.39 is 6.10 Å². The number of aliphatic hydroxyl groups is 1. The monoisotopic (exact) mass is 219 g/mol. The highest BCUT2D eigenvalue weighted by Gasteiger charge is 2.13. The summed E-state index contributed by atoms with van der Waals surface area (Å²) in [6.07, 6.45) is -0.297. The average molecular weight is 219 g/mol. The maximum Gasteiger partial charge on any atom is 0.0897 e. The van der Waals surface area contributed by atoms with E-state index in [1.165, 1.54) is 0 Å². The molecule has 0 spiro atoms. The van der Waals surface area contributed by atoms with Gasteiger partial charge in [0.1, 0.15) is 0 Å². The molecule has 0 amide bonds. The largest absolute Gasteiger partial charge is 0.389 e. The van der Waals surface area contributed by atoms with Gasteiger partial charge in [-0.3, -0.25) is 0 Å². The van der Waals surface area contributed by atoms with Crippen LogP contribution in [0.3, 0.4) is 0 Å². The molecule has 0 saturated carbocycles. The second kappa shape index (κ2) is 7.17. The second-order valence-corrected chi connectivity index (χ2v) is 4.78. The lowest BCUT2D eigenvalue weighted by molar-refractivity contribution is -0.0483. The molecule has 0 fully saturated rings. The van der Waals surface area contributed by atoms with Crippen molar-refractivity contribution in [2.24, 2.45) is 0 Å². The molecule has 0 aromatic carbocycles. The summed E-state index contributed by atoms with van der Waals surface area (Å²) in [6, 6.07) is 0. The molecule has 0 aliphatic carbocycles.